The number of aliphatic hydroxyl groups is 1. The van der Waals surface area contributed by atoms with Crippen LogP contribution in [0.1, 0.15) is 11.9 Å². The van der Waals surface area contributed by atoms with E-state index in [4.69, 9.17) is 5.11 Å². The minimum absolute atomic E-state index is 0.676. The van der Waals surface area contributed by atoms with E-state index in [0.717, 1.165) is 18.2 Å². The fourth-order valence-corrected chi connectivity index (χ4v) is 0.704. The van der Waals surface area contributed by atoms with Crippen LogP contribution < -0.4 is 0 Å². The van der Waals surface area contributed by atoms with Gasteiger partial charge in [0, 0.05) is 0 Å². The van der Waals surface area contributed by atoms with Gasteiger partial charge in [0.15, 0.2) is 11.6 Å². The van der Waals surface area contributed by atoms with Gasteiger partial charge in [-0.25, -0.2) is 13.2 Å². The van der Waals surface area contributed by atoms with Gasteiger partial charge in [0.05, 0.1) is 5.56 Å². The summed E-state index contributed by atoms with van der Waals surface area (Å²) >= 11 is 0. The molecule has 1 atom stereocenters. The summed E-state index contributed by atoms with van der Waals surface area (Å²) in [6, 6.07) is 2.95. The summed E-state index contributed by atoms with van der Waals surface area (Å²) in [4.78, 5) is 0. The molecule has 0 aliphatic heterocycles. The average molecular weight is 162 g/mol. The molecule has 0 amide bonds. The summed E-state index contributed by atoms with van der Waals surface area (Å²) < 4.78 is 36.8. The Labute approximate surface area is 61.1 Å². The number of rotatable bonds is 1. The van der Waals surface area contributed by atoms with Gasteiger partial charge in [-0.05, 0) is 6.07 Å². The zero-order valence-corrected chi connectivity index (χ0v) is 5.39. The third kappa shape index (κ3) is 1.51. The van der Waals surface area contributed by atoms with Gasteiger partial charge in [-0.2, -0.15) is 0 Å². The molecule has 0 heterocycles. The lowest BCUT2D eigenvalue weighted by Gasteiger charge is -2.02. The van der Waals surface area contributed by atoms with Crippen LogP contribution in [-0.2, 0) is 0 Å². The Morgan fingerprint density at radius 2 is 1.91 bits per heavy atom. The van der Waals surface area contributed by atoms with E-state index in [1.807, 2.05) is 0 Å². The van der Waals surface area contributed by atoms with Gasteiger partial charge >= 0.3 is 0 Å². The maximum Gasteiger partial charge on any atom is 0.225 e. The van der Waals surface area contributed by atoms with E-state index in [0.29, 0.717) is 0 Å². The molecule has 1 unspecified atom stereocenters. The largest absolute Gasteiger partial charge is 0.360 e. The summed E-state index contributed by atoms with van der Waals surface area (Å²) in [6.45, 7) is 0. The van der Waals surface area contributed by atoms with Crippen molar-refractivity contribution in [1.82, 2.24) is 0 Å². The SMILES string of the molecule is OC(F)c1cccc(F)c1F. The van der Waals surface area contributed by atoms with Gasteiger partial charge in [-0.15, -0.1) is 0 Å². The second-order valence-electron chi connectivity index (χ2n) is 1.98. The fraction of sp³-hybridized carbons (Fsp3) is 0.143. The Balaban J connectivity index is 3.17. The quantitative estimate of drug-likeness (QED) is 0.668. The van der Waals surface area contributed by atoms with E-state index < -0.39 is 23.6 Å². The highest BCUT2D eigenvalue weighted by Crippen LogP contribution is 2.19. The molecule has 60 valence electrons. The Morgan fingerprint density at radius 1 is 1.27 bits per heavy atom. The zero-order chi connectivity index (χ0) is 8.43. The molecule has 0 fully saturated rings. The Hall–Kier alpha value is -1.03. The minimum atomic E-state index is -2.47. The average Bonchev–Trinajstić information content (AvgIpc) is 1.94. The normalized spacial score (nSPS) is 13.1. The van der Waals surface area contributed by atoms with Crippen molar-refractivity contribution in [2.75, 3.05) is 0 Å². The van der Waals surface area contributed by atoms with Crippen LogP contribution in [0.2, 0.25) is 0 Å². The zero-order valence-electron chi connectivity index (χ0n) is 5.39. The summed E-state index contributed by atoms with van der Waals surface area (Å²) in [7, 11) is 0. The molecule has 11 heavy (non-hydrogen) atoms. The molecule has 1 N–H and O–H groups in total. The van der Waals surface area contributed by atoms with Gasteiger partial charge in [0.1, 0.15) is 0 Å². The number of hydrogen-bond acceptors (Lipinski definition) is 1. The highest BCUT2D eigenvalue weighted by atomic mass is 19.2. The van der Waals surface area contributed by atoms with Crippen LogP contribution in [0.3, 0.4) is 0 Å². The smallest absolute Gasteiger partial charge is 0.225 e. The molecular weight excluding hydrogens is 157 g/mol. The second kappa shape index (κ2) is 2.92. The molecule has 1 aromatic carbocycles. The summed E-state index contributed by atoms with van der Waals surface area (Å²) in [6.07, 6.45) is -2.47. The lowest BCUT2D eigenvalue weighted by molar-refractivity contribution is 0.0372. The lowest BCUT2D eigenvalue weighted by Crippen LogP contribution is -1.96. The van der Waals surface area contributed by atoms with E-state index in [2.05, 4.69) is 0 Å². The molecule has 1 nitrogen and oxygen atoms in total. The Morgan fingerprint density at radius 3 is 2.36 bits per heavy atom. The summed E-state index contributed by atoms with van der Waals surface area (Å²) in [5.74, 6) is -2.51. The minimum Gasteiger partial charge on any atom is -0.360 e. The number of benzene rings is 1. The van der Waals surface area contributed by atoms with Gasteiger partial charge in [-0.1, -0.05) is 12.1 Å². The van der Waals surface area contributed by atoms with Gasteiger partial charge in [-0.3, -0.25) is 0 Å². The topological polar surface area (TPSA) is 20.2 Å². The molecule has 0 aliphatic rings. The van der Waals surface area contributed by atoms with E-state index in [-0.39, 0.29) is 0 Å². The highest BCUT2D eigenvalue weighted by Gasteiger charge is 2.13. The fourth-order valence-electron chi connectivity index (χ4n) is 0.704. The first-order valence-corrected chi connectivity index (χ1v) is 2.89. The van der Waals surface area contributed by atoms with Gasteiger partial charge in [0.2, 0.25) is 6.36 Å². The first kappa shape index (κ1) is 8.07. The third-order valence-electron chi connectivity index (χ3n) is 1.24. The molecule has 0 spiro atoms. The second-order valence-corrected chi connectivity index (χ2v) is 1.98. The van der Waals surface area contributed by atoms with Crippen LogP contribution in [0.25, 0.3) is 0 Å². The van der Waals surface area contributed by atoms with Gasteiger partial charge < -0.3 is 5.11 Å². The molecule has 1 rings (SSSR count). The van der Waals surface area contributed by atoms with Crippen molar-refractivity contribution >= 4 is 0 Å². The number of hydrogen-bond donors (Lipinski definition) is 1. The lowest BCUT2D eigenvalue weighted by atomic mass is 10.2. The van der Waals surface area contributed by atoms with Gasteiger partial charge in [0.25, 0.3) is 0 Å². The Bertz CT molecular complexity index is 260. The van der Waals surface area contributed by atoms with E-state index >= 15 is 0 Å². The molecule has 0 bridgehead atoms. The molecule has 4 heteroatoms. The summed E-state index contributed by atoms with van der Waals surface area (Å²) in [5.41, 5.74) is -0.676. The van der Waals surface area contributed by atoms with E-state index in [9.17, 15) is 13.2 Å². The van der Waals surface area contributed by atoms with Crippen LogP contribution in [0.15, 0.2) is 18.2 Å². The van der Waals surface area contributed by atoms with E-state index in [1.54, 1.807) is 0 Å². The standard InChI is InChI=1S/C7H5F3O/c8-5-3-1-2-4(6(5)9)7(10)11/h1-3,7,11H. The van der Waals surface area contributed by atoms with Crippen molar-refractivity contribution < 1.29 is 18.3 Å². The van der Waals surface area contributed by atoms with Crippen molar-refractivity contribution in [2.45, 2.75) is 6.36 Å². The van der Waals surface area contributed by atoms with Crippen molar-refractivity contribution in [3.05, 3.63) is 35.4 Å². The third-order valence-corrected chi connectivity index (χ3v) is 1.24. The maximum atomic E-state index is 12.5. The number of alkyl halides is 1. The number of aliphatic hydroxyl groups excluding tert-OH is 1. The van der Waals surface area contributed by atoms with Crippen LogP contribution >= 0.6 is 0 Å². The molecular formula is C7H5F3O. The number of halogens is 3. The predicted molar refractivity (Wildman–Crippen MR) is 32.4 cm³/mol. The van der Waals surface area contributed by atoms with Crippen molar-refractivity contribution in [3.63, 3.8) is 0 Å². The molecule has 0 aromatic heterocycles. The molecule has 0 aliphatic carbocycles. The monoisotopic (exact) mass is 162 g/mol. The predicted octanol–water partition coefficient (Wildman–Crippen LogP) is 1.93. The van der Waals surface area contributed by atoms with Crippen LogP contribution in [0.4, 0.5) is 13.2 Å². The van der Waals surface area contributed by atoms with Crippen molar-refractivity contribution in [3.8, 4) is 0 Å². The Kier molecular flexibility index (Phi) is 2.14. The maximum absolute atomic E-state index is 12.5. The highest BCUT2D eigenvalue weighted by molar-refractivity contribution is 5.19. The molecule has 1 aromatic rings. The van der Waals surface area contributed by atoms with E-state index in [1.165, 1.54) is 0 Å². The summed E-state index contributed by atoms with van der Waals surface area (Å²) in [5, 5.41) is 8.26. The van der Waals surface area contributed by atoms with Crippen LogP contribution in [-0.4, -0.2) is 5.11 Å². The first-order chi connectivity index (χ1) is 5.13. The van der Waals surface area contributed by atoms with Crippen LogP contribution in [0, 0.1) is 11.6 Å². The molecule has 0 saturated heterocycles. The van der Waals surface area contributed by atoms with Crippen molar-refractivity contribution in [2.24, 2.45) is 0 Å². The first-order valence-electron chi connectivity index (χ1n) is 2.89. The molecule has 0 radical (unpaired) electrons. The molecule has 0 saturated carbocycles. The van der Waals surface area contributed by atoms with Crippen LogP contribution in [0.5, 0.6) is 0 Å². The van der Waals surface area contributed by atoms with Crippen molar-refractivity contribution in [1.29, 1.82) is 0 Å².